The highest BCUT2D eigenvalue weighted by Crippen LogP contribution is 2.39. The van der Waals surface area contributed by atoms with E-state index < -0.39 is 22.9 Å². The molecule has 4 nitrogen and oxygen atoms in total. The number of amides is 1. The fourth-order valence-corrected chi connectivity index (χ4v) is 3.77. The van der Waals surface area contributed by atoms with Gasteiger partial charge in [0.05, 0.1) is 18.6 Å². The minimum atomic E-state index is -4.52. The van der Waals surface area contributed by atoms with Crippen LogP contribution >= 0.6 is 11.6 Å². The van der Waals surface area contributed by atoms with Gasteiger partial charge in [-0.05, 0) is 72.3 Å². The number of ether oxygens (including phenoxy) is 1. The van der Waals surface area contributed by atoms with Crippen molar-refractivity contribution in [2.45, 2.75) is 45.3 Å². The number of rotatable bonds is 8. The van der Waals surface area contributed by atoms with Gasteiger partial charge in [0.15, 0.2) is 0 Å². The maximum atomic E-state index is 13.5. The monoisotopic (exact) mass is 467 g/mol. The minimum Gasteiger partial charge on any atom is -0.496 e. The van der Waals surface area contributed by atoms with Crippen LogP contribution < -0.4 is 4.74 Å². The number of hydrogen-bond donors (Lipinski definition) is 0. The summed E-state index contributed by atoms with van der Waals surface area (Å²) in [6, 6.07) is 8.55. The highest BCUT2D eigenvalue weighted by molar-refractivity contribution is 6.64. The number of alkyl halides is 3. The Morgan fingerprint density at radius 1 is 1.16 bits per heavy atom. The molecule has 1 unspecified atom stereocenters. The highest BCUT2D eigenvalue weighted by Gasteiger charge is 2.34. The Balaban J connectivity index is 2.13. The highest BCUT2D eigenvalue weighted by atomic mass is 35.5. The molecule has 1 amide bonds. The molecule has 0 aliphatic heterocycles. The molecule has 0 radical (unpaired) electrons. The standard InChI is InChI=1S/C24H25ClF3NO3/c1-4-29(23(31)15-5-6-15)13-17-11-18(24(26,27)28)8-9-19(17)20-12-16(14(2)22(25)30)7-10-21(20)32-3/h7-12,14-15H,4-6,13H2,1-3H3. The Bertz CT molecular complexity index is 1020. The van der Waals surface area contributed by atoms with Crippen LogP contribution in [0.5, 0.6) is 5.75 Å². The van der Waals surface area contributed by atoms with Crippen molar-refractivity contribution in [3.05, 3.63) is 53.1 Å². The Hall–Kier alpha value is -2.54. The van der Waals surface area contributed by atoms with Crippen LogP contribution in [0.2, 0.25) is 0 Å². The van der Waals surface area contributed by atoms with Crippen LogP contribution in [0.4, 0.5) is 13.2 Å². The van der Waals surface area contributed by atoms with Crippen molar-refractivity contribution in [1.29, 1.82) is 0 Å². The fourth-order valence-electron chi connectivity index (χ4n) is 3.64. The van der Waals surface area contributed by atoms with Crippen LogP contribution in [0.25, 0.3) is 11.1 Å². The first-order chi connectivity index (χ1) is 15.1. The van der Waals surface area contributed by atoms with E-state index >= 15 is 0 Å². The zero-order valence-electron chi connectivity index (χ0n) is 18.1. The van der Waals surface area contributed by atoms with E-state index in [0.29, 0.717) is 34.5 Å². The molecule has 1 saturated carbocycles. The zero-order chi connectivity index (χ0) is 23.6. The molecule has 0 N–H and O–H groups in total. The van der Waals surface area contributed by atoms with Gasteiger partial charge in [0, 0.05) is 24.6 Å². The molecule has 1 atom stereocenters. The van der Waals surface area contributed by atoms with Crippen molar-refractivity contribution >= 4 is 22.8 Å². The molecule has 8 heteroatoms. The quantitative estimate of drug-likeness (QED) is 0.447. The lowest BCUT2D eigenvalue weighted by molar-refractivity contribution is -0.137. The number of carbonyl (C=O) groups is 2. The number of halogens is 4. The first-order valence-corrected chi connectivity index (χ1v) is 10.8. The molecule has 172 valence electrons. The summed E-state index contributed by atoms with van der Waals surface area (Å²) in [5.74, 6) is -0.237. The van der Waals surface area contributed by atoms with Crippen molar-refractivity contribution in [3.8, 4) is 16.9 Å². The SMILES string of the molecule is CCN(Cc1cc(C(F)(F)F)ccc1-c1cc(C(C)C(=O)Cl)ccc1OC)C(=O)C1CC1. The summed E-state index contributed by atoms with van der Waals surface area (Å²) in [7, 11) is 1.47. The Labute approximate surface area is 190 Å². The average Bonchev–Trinajstić information content (AvgIpc) is 3.60. The minimum absolute atomic E-state index is 0.0436. The number of methoxy groups -OCH3 is 1. The molecule has 3 rings (SSSR count). The maximum Gasteiger partial charge on any atom is 0.416 e. The van der Waals surface area contributed by atoms with Crippen molar-refractivity contribution in [2.24, 2.45) is 5.92 Å². The van der Waals surface area contributed by atoms with Crippen molar-refractivity contribution < 1.29 is 27.5 Å². The fraction of sp³-hybridized carbons (Fsp3) is 0.417. The first kappa shape index (κ1) is 24.1. The second-order valence-corrected chi connectivity index (χ2v) is 8.35. The third-order valence-electron chi connectivity index (χ3n) is 5.77. The van der Waals surface area contributed by atoms with Crippen LogP contribution in [0.15, 0.2) is 36.4 Å². The summed E-state index contributed by atoms with van der Waals surface area (Å²) in [5, 5.41) is -0.541. The molecule has 0 bridgehead atoms. The van der Waals surface area contributed by atoms with Crippen LogP contribution in [0, 0.1) is 5.92 Å². The lowest BCUT2D eigenvalue weighted by Gasteiger charge is -2.24. The van der Waals surface area contributed by atoms with E-state index in [4.69, 9.17) is 16.3 Å². The molecule has 0 aromatic heterocycles. The van der Waals surface area contributed by atoms with E-state index in [1.807, 2.05) is 6.92 Å². The van der Waals surface area contributed by atoms with Gasteiger partial charge in [-0.2, -0.15) is 13.2 Å². The second-order valence-electron chi connectivity index (χ2n) is 7.98. The van der Waals surface area contributed by atoms with E-state index in [1.165, 1.54) is 13.2 Å². The molecular weight excluding hydrogens is 443 g/mol. The van der Waals surface area contributed by atoms with Gasteiger partial charge in [-0.1, -0.05) is 19.1 Å². The smallest absolute Gasteiger partial charge is 0.416 e. The van der Waals surface area contributed by atoms with Crippen LogP contribution in [0.3, 0.4) is 0 Å². The van der Waals surface area contributed by atoms with Gasteiger partial charge in [-0.3, -0.25) is 9.59 Å². The summed E-state index contributed by atoms with van der Waals surface area (Å²) in [6.45, 7) is 3.90. The first-order valence-electron chi connectivity index (χ1n) is 10.4. The average molecular weight is 468 g/mol. The maximum absolute atomic E-state index is 13.5. The number of hydrogen-bond acceptors (Lipinski definition) is 3. The van der Waals surface area contributed by atoms with Crippen molar-refractivity contribution in [1.82, 2.24) is 4.90 Å². The third kappa shape index (κ3) is 5.26. The molecule has 32 heavy (non-hydrogen) atoms. The van der Waals surface area contributed by atoms with E-state index in [9.17, 15) is 22.8 Å². The predicted octanol–water partition coefficient (Wildman–Crippen LogP) is 6.01. The van der Waals surface area contributed by atoms with Crippen LogP contribution in [-0.4, -0.2) is 29.7 Å². The van der Waals surface area contributed by atoms with Gasteiger partial charge in [0.25, 0.3) is 0 Å². The molecule has 2 aromatic rings. The van der Waals surface area contributed by atoms with Gasteiger partial charge >= 0.3 is 6.18 Å². The molecule has 0 saturated heterocycles. The summed E-state index contributed by atoms with van der Waals surface area (Å²) < 4.78 is 45.8. The molecule has 1 aliphatic carbocycles. The lowest BCUT2D eigenvalue weighted by atomic mass is 9.92. The van der Waals surface area contributed by atoms with Gasteiger partial charge in [-0.25, -0.2) is 0 Å². The van der Waals surface area contributed by atoms with Crippen LogP contribution in [-0.2, 0) is 22.3 Å². The van der Waals surface area contributed by atoms with Gasteiger partial charge in [0.1, 0.15) is 5.75 Å². The largest absolute Gasteiger partial charge is 0.496 e. The normalized spacial score (nSPS) is 14.7. The van der Waals surface area contributed by atoms with Gasteiger partial charge in [0.2, 0.25) is 11.1 Å². The molecular formula is C24H25ClF3NO3. The van der Waals surface area contributed by atoms with Crippen molar-refractivity contribution in [2.75, 3.05) is 13.7 Å². The molecule has 0 heterocycles. The van der Waals surface area contributed by atoms with Gasteiger partial charge in [-0.15, -0.1) is 0 Å². The summed E-state index contributed by atoms with van der Waals surface area (Å²) in [4.78, 5) is 25.9. The lowest BCUT2D eigenvalue weighted by Crippen LogP contribution is -2.31. The number of benzene rings is 2. The second kappa shape index (κ2) is 9.53. The van der Waals surface area contributed by atoms with E-state index in [0.717, 1.165) is 25.0 Å². The molecule has 1 aliphatic rings. The Morgan fingerprint density at radius 3 is 2.38 bits per heavy atom. The summed E-state index contributed by atoms with van der Waals surface area (Å²) in [5.41, 5.74) is 1.23. The molecule has 2 aromatic carbocycles. The Kier molecular flexibility index (Phi) is 7.18. The van der Waals surface area contributed by atoms with Gasteiger partial charge < -0.3 is 9.64 Å². The van der Waals surface area contributed by atoms with Crippen LogP contribution in [0.1, 0.15) is 49.3 Å². The number of carbonyl (C=O) groups excluding carboxylic acids is 2. The molecule has 0 spiro atoms. The van der Waals surface area contributed by atoms with Crippen molar-refractivity contribution in [3.63, 3.8) is 0 Å². The Morgan fingerprint density at radius 2 is 1.84 bits per heavy atom. The van der Waals surface area contributed by atoms with E-state index in [1.54, 1.807) is 30.0 Å². The third-order valence-corrected chi connectivity index (χ3v) is 6.10. The zero-order valence-corrected chi connectivity index (χ0v) is 18.9. The van der Waals surface area contributed by atoms with E-state index in [-0.39, 0.29) is 18.4 Å². The predicted molar refractivity (Wildman–Crippen MR) is 117 cm³/mol. The van der Waals surface area contributed by atoms with E-state index in [2.05, 4.69) is 0 Å². The molecule has 1 fully saturated rings. The number of nitrogens with zero attached hydrogens (tertiary/aromatic N) is 1. The topological polar surface area (TPSA) is 46.6 Å². The summed E-state index contributed by atoms with van der Waals surface area (Å²) in [6.07, 6.45) is -2.90. The summed E-state index contributed by atoms with van der Waals surface area (Å²) >= 11 is 5.66.